The lowest BCUT2D eigenvalue weighted by atomic mass is 10.2. The number of alkyl halides is 3. The van der Waals surface area contributed by atoms with Crippen molar-refractivity contribution in [1.82, 2.24) is 9.97 Å². The van der Waals surface area contributed by atoms with Gasteiger partial charge in [-0.05, 0) is 18.2 Å². The van der Waals surface area contributed by atoms with Crippen LogP contribution in [-0.2, 0) is 6.18 Å². The molecule has 0 bridgehead atoms. The monoisotopic (exact) mass is 228 g/mol. The molecule has 0 aliphatic carbocycles. The molecule has 0 radical (unpaired) electrons. The largest absolute Gasteiger partial charge is 0.416 e. The maximum Gasteiger partial charge on any atom is 0.416 e. The van der Waals surface area contributed by atoms with Gasteiger partial charge in [0.25, 0.3) is 0 Å². The summed E-state index contributed by atoms with van der Waals surface area (Å²) in [6.07, 6.45) is -2.95. The third-order valence-electron chi connectivity index (χ3n) is 2.06. The third-order valence-corrected chi connectivity index (χ3v) is 2.06. The number of nitrogens with one attached hydrogen (secondary N) is 2. The molecule has 2 heterocycles. The third kappa shape index (κ3) is 2.00. The molecule has 0 aliphatic rings. The molecule has 3 nitrogen and oxygen atoms in total. The van der Waals surface area contributed by atoms with Gasteiger partial charge in [-0.15, -0.1) is 0 Å². The summed E-state index contributed by atoms with van der Waals surface area (Å²) in [5.41, 5.74) is -1.19. The Kier molecular flexibility index (Phi) is 2.34. The van der Waals surface area contributed by atoms with Crippen molar-refractivity contribution >= 4 is 0 Å². The van der Waals surface area contributed by atoms with Gasteiger partial charge in [0.15, 0.2) is 0 Å². The van der Waals surface area contributed by atoms with Crippen LogP contribution in [0.2, 0.25) is 0 Å². The minimum Gasteiger partial charge on any atom is -0.360 e. The number of hydrogen-bond acceptors (Lipinski definition) is 1. The highest BCUT2D eigenvalue weighted by atomic mass is 19.4. The summed E-state index contributed by atoms with van der Waals surface area (Å²) in [5.74, 6) is 0. The number of H-pyrrole nitrogens is 2. The normalized spacial score (nSPS) is 11.7. The Labute approximate surface area is 87.9 Å². The average molecular weight is 228 g/mol. The predicted molar refractivity (Wildman–Crippen MR) is 51.9 cm³/mol. The van der Waals surface area contributed by atoms with Crippen LogP contribution in [0.4, 0.5) is 13.2 Å². The lowest BCUT2D eigenvalue weighted by Gasteiger charge is -2.07. The van der Waals surface area contributed by atoms with E-state index in [9.17, 15) is 18.0 Å². The van der Waals surface area contributed by atoms with Crippen LogP contribution in [0.5, 0.6) is 0 Å². The van der Waals surface area contributed by atoms with Crippen molar-refractivity contribution in [1.29, 1.82) is 0 Å². The number of aromatic amines is 2. The van der Waals surface area contributed by atoms with Gasteiger partial charge in [0.05, 0.1) is 17.0 Å². The summed E-state index contributed by atoms with van der Waals surface area (Å²) in [7, 11) is 0. The van der Waals surface area contributed by atoms with Crippen LogP contribution >= 0.6 is 0 Å². The Bertz CT molecular complexity index is 540. The highest BCUT2D eigenvalue weighted by Crippen LogP contribution is 2.29. The maximum atomic E-state index is 12.4. The molecule has 0 unspecified atom stereocenters. The fourth-order valence-electron chi connectivity index (χ4n) is 1.35. The molecule has 0 fully saturated rings. The van der Waals surface area contributed by atoms with Crippen molar-refractivity contribution in [3.8, 4) is 11.4 Å². The molecule has 2 aromatic rings. The molecule has 16 heavy (non-hydrogen) atoms. The van der Waals surface area contributed by atoms with Gasteiger partial charge in [-0.1, -0.05) is 0 Å². The van der Waals surface area contributed by atoms with E-state index in [2.05, 4.69) is 9.97 Å². The van der Waals surface area contributed by atoms with E-state index in [-0.39, 0.29) is 5.69 Å². The lowest BCUT2D eigenvalue weighted by molar-refractivity contribution is -0.137. The van der Waals surface area contributed by atoms with E-state index in [0.29, 0.717) is 11.8 Å². The zero-order chi connectivity index (χ0) is 11.8. The molecule has 0 atom stereocenters. The van der Waals surface area contributed by atoms with Crippen molar-refractivity contribution in [3.63, 3.8) is 0 Å². The van der Waals surface area contributed by atoms with Crippen LogP contribution < -0.4 is 5.56 Å². The molecule has 6 heteroatoms. The summed E-state index contributed by atoms with van der Waals surface area (Å²) in [5, 5.41) is 0. The van der Waals surface area contributed by atoms with Crippen LogP contribution in [0, 0.1) is 0 Å². The van der Waals surface area contributed by atoms with E-state index < -0.39 is 17.3 Å². The van der Waals surface area contributed by atoms with E-state index in [1.165, 1.54) is 0 Å². The second kappa shape index (κ2) is 3.55. The van der Waals surface area contributed by atoms with Crippen molar-refractivity contribution < 1.29 is 13.2 Å². The van der Waals surface area contributed by atoms with Crippen LogP contribution in [0.15, 0.2) is 35.3 Å². The minimum absolute atomic E-state index is 0.116. The Hall–Kier alpha value is -1.98. The molecular formula is C10H7F3N2O. The molecule has 2 rings (SSSR count). The number of halogens is 3. The molecule has 2 aromatic heterocycles. The van der Waals surface area contributed by atoms with Crippen molar-refractivity contribution in [3.05, 3.63) is 46.4 Å². The molecule has 0 saturated carbocycles. The average Bonchev–Trinajstić information content (AvgIpc) is 2.68. The van der Waals surface area contributed by atoms with Crippen molar-refractivity contribution in [2.75, 3.05) is 0 Å². The van der Waals surface area contributed by atoms with Crippen molar-refractivity contribution in [2.24, 2.45) is 0 Å². The second-order valence-electron chi connectivity index (χ2n) is 3.23. The minimum atomic E-state index is -4.52. The van der Waals surface area contributed by atoms with Crippen LogP contribution in [0.1, 0.15) is 5.56 Å². The van der Waals surface area contributed by atoms with Crippen molar-refractivity contribution in [2.45, 2.75) is 6.18 Å². The Morgan fingerprint density at radius 2 is 1.88 bits per heavy atom. The van der Waals surface area contributed by atoms with Gasteiger partial charge in [-0.2, -0.15) is 13.2 Å². The molecule has 0 aromatic carbocycles. The second-order valence-corrected chi connectivity index (χ2v) is 3.23. The van der Waals surface area contributed by atoms with Gasteiger partial charge in [-0.3, -0.25) is 4.79 Å². The van der Waals surface area contributed by atoms with Crippen LogP contribution in [0.3, 0.4) is 0 Å². The topological polar surface area (TPSA) is 48.6 Å². The van der Waals surface area contributed by atoms with Gasteiger partial charge < -0.3 is 9.97 Å². The summed E-state index contributed by atoms with van der Waals surface area (Å²) in [6.45, 7) is 0. The number of rotatable bonds is 1. The Morgan fingerprint density at radius 3 is 2.44 bits per heavy atom. The number of aromatic nitrogens is 2. The smallest absolute Gasteiger partial charge is 0.360 e. The van der Waals surface area contributed by atoms with Crippen LogP contribution in [0.25, 0.3) is 11.4 Å². The first-order valence-electron chi connectivity index (χ1n) is 4.42. The fraction of sp³-hybridized carbons (Fsp3) is 0.100. The molecule has 2 N–H and O–H groups in total. The SMILES string of the molecule is O=c1cc(C(F)(F)F)cc(-c2ccc[nH]2)[nH]1. The molecule has 0 amide bonds. The zero-order valence-corrected chi connectivity index (χ0v) is 7.93. The van der Waals surface area contributed by atoms with Gasteiger partial charge in [0.2, 0.25) is 5.56 Å². The quantitative estimate of drug-likeness (QED) is 0.773. The number of pyridine rings is 1. The Morgan fingerprint density at radius 1 is 1.12 bits per heavy atom. The lowest BCUT2D eigenvalue weighted by Crippen LogP contribution is -2.13. The first-order valence-corrected chi connectivity index (χ1v) is 4.42. The summed E-state index contributed by atoms with van der Waals surface area (Å²) < 4.78 is 37.3. The van der Waals surface area contributed by atoms with E-state index >= 15 is 0 Å². The van der Waals surface area contributed by atoms with Gasteiger partial charge in [0.1, 0.15) is 0 Å². The fourth-order valence-corrected chi connectivity index (χ4v) is 1.35. The van der Waals surface area contributed by atoms with E-state index in [1.807, 2.05) is 0 Å². The summed E-state index contributed by atoms with van der Waals surface area (Å²) in [6, 6.07) is 4.64. The highest BCUT2D eigenvalue weighted by Gasteiger charge is 2.31. The van der Waals surface area contributed by atoms with E-state index in [4.69, 9.17) is 0 Å². The standard InChI is InChI=1S/C10H7F3N2O/c11-10(12,13)6-4-8(15-9(16)5-6)7-2-1-3-14-7/h1-5,14H,(H,15,16). The van der Waals surface area contributed by atoms with E-state index in [1.54, 1.807) is 18.3 Å². The van der Waals surface area contributed by atoms with Crippen LogP contribution in [-0.4, -0.2) is 9.97 Å². The molecule has 0 saturated heterocycles. The summed E-state index contributed by atoms with van der Waals surface area (Å²) >= 11 is 0. The first-order chi connectivity index (χ1) is 7.47. The predicted octanol–water partition coefficient (Wildman–Crippen LogP) is 2.39. The van der Waals surface area contributed by atoms with Gasteiger partial charge >= 0.3 is 6.18 Å². The molecule has 84 valence electrons. The molecule has 0 spiro atoms. The first kappa shape index (κ1) is 10.5. The maximum absolute atomic E-state index is 12.4. The van der Waals surface area contributed by atoms with Gasteiger partial charge in [0, 0.05) is 12.3 Å². The molecular weight excluding hydrogens is 221 g/mol. The highest BCUT2D eigenvalue weighted by molar-refractivity contribution is 5.55. The van der Waals surface area contributed by atoms with E-state index in [0.717, 1.165) is 6.07 Å². The van der Waals surface area contributed by atoms with Gasteiger partial charge in [-0.25, -0.2) is 0 Å². The number of hydrogen-bond donors (Lipinski definition) is 2. The summed E-state index contributed by atoms with van der Waals surface area (Å²) in [4.78, 5) is 16.1. The molecule has 0 aliphatic heterocycles. The Balaban J connectivity index is 2.57. The zero-order valence-electron chi connectivity index (χ0n) is 7.93.